The van der Waals surface area contributed by atoms with E-state index in [-0.39, 0.29) is 24.4 Å². The molecule has 3 nitrogen and oxygen atoms in total. The van der Waals surface area contributed by atoms with E-state index < -0.39 is 0 Å². The van der Waals surface area contributed by atoms with Gasteiger partial charge in [-0.25, -0.2) is 0 Å². The molecule has 1 amide bonds. The quantitative estimate of drug-likeness (QED) is 0.917. The van der Waals surface area contributed by atoms with Gasteiger partial charge in [0, 0.05) is 11.9 Å². The molecule has 2 heterocycles. The lowest BCUT2D eigenvalue weighted by Crippen LogP contribution is -2.46. The Labute approximate surface area is 113 Å². The van der Waals surface area contributed by atoms with Crippen molar-refractivity contribution in [1.29, 1.82) is 0 Å². The fraction of sp³-hybridized carbons (Fsp3) is 0.583. The number of piperidine rings is 1. The summed E-state index contributed by atoms with van der Waals surface area (Å²) in [5, 5.41) is 5.34. The third-order valence-corrected chi connectivity index (χ3v) is 3.82. The molecule has 1 aliphatic heterocycles. The van der Waals surface area contributed by atoms with Gasteiger partial charge in [0.05, 0.1) is 12.6 Å². The van der Waals surface area contributed by atoms with Crippen molar-refractivity contribution in [3.8, 4) is 0 Å². The van der Waals surface area contributed by atoms with E-state index in [1.54, 1.807) is 11.3 Å². The summed E-state index contributed by atoms with van der Waals surface area (Å²) in [5.74, 6) is 0.230. The molecule has 0 aliphatic carbocycles. The third-order valence-electron chi connectivity index (χ3n) is 2.96. The van der Waals surface area contributed by atoms with Crippen LogP contribution in [0, 0.1) is 0 Å². The monoisotopic (exact) mass is 274 g/mol. The van der Waals surface area contributed by atoms with Crippen LogP contribution in [0.2, 0.25) is 0 Å². The minimum absolute atomic E-state index is 0. The normalized spacial score (nSPS) is 19.5. The van der Waals surface area contributed by atoms with E-state index in [1.807, 2.05) is 23.4 Å². The van der Waals surface area contributed by atoms with E-state index in [0.717, 1.165) is 25.9 Å². The number of thiophene rings is 1. The molecule has 0 saturated carbocycles. The van der Waals surface area contributed by atoms with E-state index in [9.17, 15) is 4.79 Å². The van der Waals surface area contributed by atoms with Crippen molar-refractivity contribution in [2.24, 2.45) is 0 Å². The van der Waals surface area contributed by atoms with Crippen molar-refractivity contribution in [3.63, 3.8) is 0 Å². The third kappa shape index (κ3) is 3.98. The van der Waals surface area contributed by atoms with Crippen LogP contribution in [0.15, 0.2) is 17.5 Å². The zero-order chi connectivity index (χ0) is 11.4. The Balaban J connectivity index is 0.00000144. The Hall–Kier alpha value is -0.580. The van der Waals surface area contributed by atoms with E-state index in [0.29, 0.717) is 0 Å². The smallest absolute Gasteiger partial charge is 0.239 e. The summed E-state index contributed by atoms with van der Waals surface area (Å²) >= 11 is 1.70. The summed E-state index contributed by atoms with van der Waals surface area (Å²) in [6.45, 7) is 1.71. The number of nitrogens with one attached hydrogen (secondary N) is 1. The Morgan fingerprint density at radius 2 is 2.41 bits per heavy atom. The second kappa shape index (κ2) is 6.99. The Kier molecular flexibility index (Phi) is 5.95. The highest BCUT2D eigenvalue weighted by Crippen LogP contribution is 2.14. The van der Waals surface area contributed by atoms with Crippen LogP contribution < -0.4 is 5.32 Å². The van der Waals surface area contributed by atoms with Gasteiger partial charge in [-0.2, -0.15) is 0 Å². The zero-order valence-corrected chi connectivity index (χ0v) is 11.6. The lowest BCUT2D eigenvalue weighted by molar-refractivity contribution is -0.133. The van der Waals surface area contributed by atoms with Crippen LogP contribution >= 0.6 is 23.7 Å². The molecule has 2 rings (SSSR count). The molecule has 0 aromatic carbocycles. The summed E-state index contributed by atoms with van der Waals surface area (Å²) < 4.78 is 0. The molecule has 0 bridgehead atoms. The average molecular weight is 275 g/mol. The number of likely N-dealkylation sites (N-methyl/N-ethyl adjacent to an activating group) is 1. The van der Waals surface area contributed by atoms with Crippen LogP contribution in [0.1, 0.15) is 24.1 Å². The molecule has 0 radical (unpaired) electrons. The van der Waals surface area contributed by atoms with Crippen LogP contribution in [-0.2, 0) is 11.3 Å². The van der Waals surface area contributed by atoms with Crippen molar-refractivity contribution in [3.05, 3.63) is 22.4 Å². The van der Waals surface area contributed by atoms with Gasteiger partial charge in [0.15, 0.2) is 0 Å². The SMILES string of the molecule is CN(Cc1cccs1)C(=O)[C@H]1CCCCN1.Cl. The fourth-order valence-corrected chi connectivity index (χ4v) is 2.80. The lowest BCUT2D eigenvalue weighted by Gasteiger charge is -2.27. The van der Waals surface area contributed by atoms with Gasteiger partial charge in [0.2, 0.25) is 5.91 Å². The molecule has 5 heteroatoms. The summed E-state index contributed by atoms with van der Waals surface area (Å²) in [4.78, 5) is 15.2. The van der Waals surface area contributed by atoms with E-state index >= 15 is 0 Å². The number of carbonyl (C=O) groups excluding carboxylic acids is 1. The fourth-order valence-electron chi connectivity index (χ4n) is 2.04. The highest BCUT2D eigenvalue weighted by molar-refractivity contribution is 7.09. The first kappa shape index (κ1) is 14.5. The molecule has 96 valence electrons. The second-order valence-electron chi connectivity index (χ2n) is 4.28. The summed E-state index contributed by atoms with van der Waals surface area (Å²) in [6.07, 6.45) is 3.34. The predicted molar refractivity (Wildman–Crippen MR) is 73.7 cm³/mol. The molecule has 1 aromatic rings. The number of halogens is 1. The number of hydrogen-bond donors (Lipinski definition) is 1. The maximum absolute atomic E-state index is 12.1. The standard InChI is InChI=1S/C12H18N2OS.ClH/c1-14(9-10-5-4-8-16-10)12(15)11-6-2-3-7-13-11;/h4-5,8,11,13H,2-3,6-7,9H2,1H3;1H/t11-;/m1./s1. The molecule has 0 unspecified atom stereocenters. The zero-order valence-electron chi connectivity index (χ0n) is 10.0. The number of rotatable bonds is 3. The molecule has 1 aliphatic rings. The van der Waals surface area contributed by atoms with Crippen molar-refractivity contribution in [2.75, 3.05) is 13.6 Å². The highest BCUT2D eigenvalue weighted by atomic mass is 35.5. The number of nitrogens with zero attached hydrogens (tertiary/aromatic N) is 1. The van der Waals surface area contributed by atoms with Crippen LogP contribution in [-0.4, -0.2) is 30.4 Å². The molecular weight excluding hydrogens is 256 g/mol. The molecule has 1 aromatic heterocycles. The van der Waals surface area contributed by atoms with Gasteiger partial charge in [-0.05, 0) is 30.8 Å². The van der Waals surface area contributed by atoms with Crippen LogP contribution in [0.3, 0.4) is 0 Å². The van der Waals surface area contributed by atoms with E-state index in [2.05, 4.69) is 11.4 Å². The molecule has 1 fully saturated rings. The summed E-state index contributed by atoms with van der Waals surface area (Å²) in [5.41, 5.74) is 0. The number of hydrogen-bond acceptors (Lipinski definition) is 3. The maximum Gasteiger partial charge on any atom is 0.239 e. The predicted octanol–water partition coefficient (Wildman–Crippen LogP) is 2.27. The maximum atomic E-state index is 12.1. The molecule has 0 spiro atoms. The van der Waals surface area contributed by atoms with Gasteiger partial charge < -0.3 is 10.2 Å². The van der Waals surface area contributed by atoms with Gasteiger partial charge in [0.1, 0.15) is 0 Å². The number of carbonyl (C=O) groups is 1. The average Bonchev–Trinajstić information content (AvgIpc) is 2.82. The molecule has 1 N–H and O–H groups in total. The van der Waals surface area contributed by atoms with Gasteiger partial charge in [-0.1, -0.05) is 12.5 Å². The van der Waals surface area contributed by atoms with Crippen molar-refractivity contribution < 1.29 is 4.79 Å². The van der Waals surface area contributed by atoms with Crippen LogP contribution in [0.4, 0.5) is 0 Å². The molecule has 1 saturated heterocycles. The molecule has 17 heavy (non-hydrogen) atoms. The van der Waals surface area contributed by atoms with Crippen molar-refractivity contribution in [2.45, 2.75) is 31.8 Å². The molecule has 1 atom stereocenters. The highest BCUT2D eigenvalue weighted by Gasteiger charge is 2.23. The Bertz CT molecular complexity index is 336. The van der Waals surface area contributed by atoms with Gasteiger partial charge >= 0.3 is 0 Å². The van der Waals surface area contributed by atoms with Crippen molar-refractivity contribution >= 4 is 29.7 Å². The van der Waals surface area contributed by atoms with Gasteiger partial charge in [-0.15, -0.1) is 23.7 Å². The largest absolute Gasteiger partial charge is 0.339 e. The minimum atomic E-state index is 0. The topological polar surface area (TPSA) is 32.3 Å². The van der Waals surface area contributed by atoms with Crippen molar-refractivity contribution in [1.82, 2.24) is 10.2 Å². The second-order valence-corrected chi connectivity index (χ2v) is 5.31. The number of amides is 1. The molecular formula is C12H19ClN2OS. The van der Waals surface area contributed by atoms with Gasteiger partial charge in [-0.3, -0.25) is 4.79 Å². The Morgan fingerprint density at radius 3 is 3.00 bits per heavy atom. The first-order valence-electron chi connectivity index (χ1n) is 5.78. The first-order valence-corrected chi connectivity index (χ1v) is 6.66. The minimum Gasteiger partial charge on any atom is -0.339 e. The van der Waals surface area contributed by atoms with E-state index in [4.69, 9.17) is 0 Å². The summed E-state index contributed by atoms with van der Waals surface area (Å²) in [6, 6.07) is 4.14. The lowest BCUT2D eigenvalue weighted by atomic mass is 10.0. The van der Waals surface area contributed by atoms with Gasteiger partial charge in [0.25, 0.3) is 0 Å². The summed E-state index contributed by atoms with van der Waals surface area (Å²) in [7, 11) is 1.89. The first-order chi connectivity index (χ1) is 7.77. The van der Waals surface area contributed by atoms with Crippen LogP contribution in [0.25, 0.3) is 0 Å². The van der Waals surface area contributed by atoms with Crippen LogP contribution in [0.5, 0.6) is 0 Å². The Morgan fingerprint density at radius 1 is 1.59 bits per heavy atom. The van der Waals surface area contributed by atoms with E-state index in [1.165, 1.54) is 11.3 Å².